The summed E-state index contributed by atoms with van der Waals surface area (Å²) in [6.07, 6.45) is 6.06. The first-order valence-electron chi connectivity index (χ1n) is 5.41. The molecule has 0 radical (unpaired) electrons. The molecule has 0 aliphatic heterocycles. The van der Waals surface area contributed by atoms with Crippen molar-refractivity contribution in [3.8, 4) is 0 Å². The number of rotatable bonds is 3. The van der Waals surface area contributed by atoms with E-state index in [1.54, 1.807) is 0 Å². The van der Waals surface area contributed by atoms with Crippen LogP contribution < -0.4 is 4.72 Å². The molecule has 14 heavy (non-hydrogen) atoms. The van der Waals surface area contributed by atoms with E-state index < -0.39 is 10.2 Å². The molecule has 0 aromatic carbocycles. The molecule has 0 fully saturated rings. The number of hydrogen-bond donors (Lipinski definition) is 1. The molecule has 1 nitrogen and oxygen atoms in total. The molecule has 0 atom stereocenters. The van der Waals surface area contributed by atoms with E-state index in [1.807, 2.05) is 0 Å². The average molecular weight is 219 g/mol. The minimum Gasteiger partial charge on any atom is -0.276 e. The maximum absolute atomic E-state index is 3.75. The van der Waals surface area contributed by atoms with Crippen molar-refractivity contribution in [1.29, 1.82) is 0 Å². The normalized spacial score (nSPS) is 15.7. The number of nitrogens with one attached hydrogen (secondary N) is 1. The van der Waals surface area contributed by atoms with Gasteiger partial charge in [-0.1, -0.05) is 20.8 Å². The largest absolute Gasteiger partial charge is 0.276 e. The topological polar surface area (TPSA) is 12.0 Å². The first-order valence-corrected chi connectivity index (χ1v) is 8.03. The molecule has 0 rings (SSSR count). The van der Waals surface area contributed by atoms with Crippen molar-refractivity contribution in [1.82, 2.24) is 4.72 Å². The lowest BCUT2D eigenvalue weighted by molar-refractivity contribution is 0.399. The van der Waals surface area contributed by atoms with Gasteiger partial charge in [-0.2, -0.15) is 10.2 Å². The van der Waals surface area contributed by atoms with Gasteiger partial charge in [0.2, 0.25) is 0 Å². The predicted octanol–water partition coefficient (Wildman–Crippen LogP) is 3.79. The van der Waals surface area contributed by atoms with Gasteiger partial charge in [0.1, 0.15) is 0 Å². The van der Waals surface area contributed by atoms with E-state index in [9.17, 15) is 0 Å². The lowest BCUT2D eigenvalue weighted by Gasteiger charge is -2.41. The van der Waals surface area contributed by atoms with Crippen LogP contribution in [0.3, 0.4) is 0 Å². The molecule has 1 N–H and O–H groups in total. The van der Waals surface area contributed by atoms with Crippen LogP contribution in [-0.2, 0) is 0 Å². The zero-order valence-electron chi connectivity index (χ0n) is 11.3. The Bertz CT molecular complexity index is 172. The first-order chi connectivity index (χ1) is 5.91. The van der Waals surface area contributed by atoms with Crippen LogP contribution in [0.2, 0.25) is 0 Å². The SMILES string of the molecule is CC(C)(C)CCS(C)(C)NC(C)(C)C. The second-order valence-corrected chi connectivity index (χ2v) is 10.6. The van der Waals surface area contributed by atoms with Crippen LogP contribution in [0.25, 0.3) is 0 Å². The molecule has 0 bridgehead atoms. The Morgan fingerprint density at radius 2 is 1.36 bits per heavy atom. The van der Waals surface area contributed by atoms with Crippen molar-refractivity contribution in [2.24, 2.45) is 5.41 Å². The standard InChI is InChI=1S/C12H29NS/c1-11(2,3)9-10-14(7,8)13-12(4,5)6/h13H,9-10H2,1-8H3. The Hall–Kier alpha value is 0.310. The zero-order chi connectivity index (χ0) is 11.6. The highest BCUT2D eigenvalue weighted by molar-refractivity contribution is 8.31. The second-order valence-electron chi connectivity index (χ2n) is 6.91. The van der Waals surface area contributed by atoms with E-state index in [0.717, 1.165) is 0 Å². The van der Waals surface area contributed by atoms with Gasteiger partial charge < -0.3 is 0 Å². The van der Waals surface area contributed by atoms with E-state index in [2.05, 4.69) is 58.8 Å². The van der Waals surface area contributed by atoms with Gasteiger partial charge in [0.05, 0.1) is 0 Å². The summed E-state index contributed by atoms with van der Waals surface area (Å²) in [6.45, 7) is 13.7. The molecule has 0 saturated carbocycles. The molecule has 0 amide bonds. The van der Waals surface area contributed by atoms with E-state index >= 15 is 0 Å². The van der Waals surface area contributed by atoms with Gasteiger partial charge >= 0.3 is 0 Å². The Morgan fingerprint density at radius 3 is 1.64 bits per heavy atom. The van der Waals surface area contributed by atoms with Gasteiger partial charge in [-0.05, 0) is 50.9 Å². The summed E-state index contributed by atoms with van der Waals surface area (Å²) >= 11 is 0. The van der Waals surface area contributed by atoms with Crippen LogP contribution in [0.1, 0.15) is 48.0 Å². The maximum Gasteiger partial charge on any atom is 0.0183 e. The fourth-order valence-electron chi connectivity index (χ4n) is 1.44. The van der Waals surface area contributed by atoms with Crippen LogP contribution >= 0.6 is 10.2 Å². The fourth-order valence-corrected chi connectivity index (χ4v) is 4.32. The molecule has 88 valence electrons. The van der Waals surface area contributed by atoms with Gasteiger partial charge in [0.15, 0.2) is 0 Å². The maximum atomic E-state index is 3.75. The van der Waals surface area contributed by atoms with E-state index in [-0.39, 0.29) is 5.54 Å². The van der Waals surface area contributed by atoms with Gasteiger partial charge in [0, 0.05) is 5.54 Å². The summed E-state index contributed by atoms with van der Waals surface area (Å²) in [5, 5.41) is 0. The summed E-state index contributed by atoms with van der Waals surface area (Å²) in [6, 6.07) is 0. The van der Waals surface area contributed by atoms with Gasteiger partial charge in [-0.3, -0.25) is 4.72 Å². The Balaban J connectivity index is 4.09. The van der Waals surface area contributed by atoms with Crippen molar-refractivity contribution in [3.63, 3.8) is 0 Å². The highest BCUT2D eigenvalue weighted by atomic mass is 32.3. The molecule has 0 aliphatic rings. The molecule has 0 spiro atoms. The van der Waals surface area contributed by atoms with Crippen LogP contribution in [0.5, 0.6) is 0 Å². The summed E-state index contributed by atoms with van der Waals surface area (Å²) < 4.78 is 3.75. The van der Waals surface area contributed by atoms with Gasteiger partial charge in [-0.25, -0.2) is 0 Å². The second kappa shape index (κ2) is 4.44. The minimum absolute atomic E-state index is 0.247. The minimum atomic E-state index is -0.622. The lowest BCUT2D eigenvalue weighted by Crippen LogP contribution is -2.38. The summed E-state index contributed by atoms with van der Waals surface area (Å²) in [5.74, 6) is 1.31. The molecule has 2 heteroatoms. The fraction of sp³-hybridized carbons (Fsp3) is 1.00. The van der Waals surface area contributed by atoms with Crippen LogP contribution in [0.4, 0.5) is 0 Å². The van der Waals surface area contributed by atoms with E-state index in [4.69, 9.17) is 0 Å². The van der Waals surface area contributed by atoms with Gasteiger partial charge in [-0.15, -0.1) is 0 Å². The summed E-state index contributed by atoms with van der Waals surface area (Å²) in [7, 11) is -0.622. The molecule has 0 aromatic heterocycles. The predicted molar refractivity (Wildman–Crippen MR) is 71.3 cm³/mol. The molecule has 0 heterocycles. The third-order valence-electron chi connectivity index (χ3n) is 1.94. The van der Waals surface area contributed by atoms with Gasteiger partial charge in [0.25, 0.3) is 0 Å². The smallest absolute Gasteiger partial charge is 0.0183 e. The van der Waals surface area contributed by atoms with Crippen LogP contribution in [0.15, 0.2) is 0 Å². The van der Waals surface area contributed by atoms with Crippen molar-refractivity contribution < 1.29 is 0 Å². The Morgan fingerprint density at radius 1 is 0.929 bits per heavy atom. The van der Waals surface area contributed by atoms with E-state index in [1.165, 1.54) is 12.2 Å². The lowest BCUT2D eigenvalue weighted by atomic mass is 9.94. The Kier molecular flexibility index (Phi) is 4.54. The highest BCUT2D eigenvalue weighted by Crippen LogP contribution is 2.40. The van der Waals surface area contributed by atoms with Crippen molar-refractivity contribution >= 4 is 10.2 Å². The van der Waals surface area contributed by atoms with Crippen molar-refractivity contribution in [2.75, 3.05) is 18.3 Å². The first kappa shape index (κ1) is 14.3. The molecule has 0 aromatic rings. The molecular weight excluding hydrogens is 190 g/mol. The molecule has 0 aliphatic carbocycles. The van der Waals surface area contributed by atoms with Crippen LogP contribution in [-0.4, -0.2) is 23.8 Å². The molecular formula is C12H29NS. The zero-order valence-corrected chi connectivity index (χ0v) is 12.1. The monoisotopic (exact) mass is 219 g/mol. The third-order valence-corrected chi connectivity index (χ3v) is 4.33. The third kappa shape index (κ3) is 8.89. The van der Waals surface area contributed by atoms with Crippen LogP contribution in [0, 0.1) is 5.41 Å². The molecule has 0 saturated heterocycles. The highest BCUT2D eigenvalue weighted by Gasteiger charge is 2.21. The van der Waals surface area contributed by atoms with Crippen molar-refractivity contribution in [2.45, 2.75) is 53.5 Å². The van der Waals surface area contributed by atoms with Crippen molar-refractivity contribution in [3.05, 3.63) is 0 Å². The average Bonchev–Trinajstić information content (AvgIpc) is 1.76. The molecule has 0 unspecified atom stereocenters. The summed E-state index contributed by atoms with van der Waals surface area (Å²) in [4.78, 5) is 0. The Labute approximate surface area is 92.5 Å². The number of hydrogen-bond acceptors (Lipinski definition) is 1. The quantitative estimate of drug-likeness (QED) is 0.761. The van der Waals surface area contributed by atoms with E-state index in [0.29, 0.717) is 5.41 Å². The summed E-state index contributed by atoms with van der Waals surface area (Å²) in [5.41, 5.74) is 0.709.